The molecule has 0 radical (unpaired) electrons. The van der Waals surface area contributed by atoms with E-state index in [1.54, 1.807) is 0 Å². The van der Waals surface area contributed by atoms with Crippen LogP contribution in [0, 0.1) is 5.92 Å². The summed E-state index contributed by atoms with van der Waals surface area (Å²) in [5.74, 6) is 0.779. The summed E-state index contributed by atoms with van der Waals surface area (Å²) < 4.78 is 1.87. The van der Waals surface area contributed by atoms with Crippen LogP contribution in [0.5, 0.6) is 0 Å². The molecule has 0 spiro atoms. The highest BCUT2D eigenvalue weighted by molar-refractivity contribution is 5.03. The second-order valence-corrected chi connectivity index (χ2v) is 4.33. The molecule has 0 bridgehead atoms. The van der Waals surface area contributed by atoms with Crippen LogP contribution in [0.25, 0.3) is 0 Å². The molecular weight excluding hydrogens is 186 g/mol. The topological polar surface area (TPSA) is 29.9 Å². The lowest BCUT2D eigenvalue weighted by Gasteiger charge is -2.10. The van der Waals surface area contributed by atoms with E-state index >= 15 is 0 Å². The molecule has 1 unspecified atom stereocenters. The third-order valence-electron chi connectivity index (χ3n) is 2.66. The van der Waals surface area contributed by atoms with Crippen LogP contribution in [0.2, 0.25) is 0 Å². The Hall–Kier alpha value is -0.830. The van der Waals surface area contributed by atoms with Gasteiger partial charge in [-0.1, -0.05) is 13.8 Å². The third kappa shape index (κ3) is 4.98. The predicted octanol–water partition coefficient (Wildman–Crippen LogP) is 1.99. The summed E-state index contributed by atoms with van der Waals surface area (Å²) in [6.45, 7) is 6.69. The normalized spacial score (nSPS) is 13.0. The zero-order valence-electron chi connectivity index (χ0n) is 10.2. The van der Waals surface area contributed by atoms with Gasteiger partial charge in [0.1, 0.15) is 0 Å². The summed E-state index contributed by atoms with van der Waals surface area (Å²) in [6, 6.07) is 0. The van der Waals surface area contributed by atoms with Crippen LogP contribution in [0.3, 0.4) is 0 Å². The van der Waals surface area contributed by atoms with Gasteiger partial charge < -0.3 is 5.32 Å². The minimum atomic E-state index is 0.779. The molecule has 0 aliphatic carbocycles. The number of hydrogen-bond donors (Lipinski definition) is 1. The van der Waals surface area contributed by atoms with Crippen LogP contribution in [-0.4, -0.2) is 22.9 Å². The van der Waals surface area contributed by atoms with Crippen molar-refractivity contribution >= 4 is 0 Å². The fraction of sp³-hybridized carbons (Fsp3) is 0.750. The Bertz CT molecular complexity index is 268. The first-order chi connectivity index (χ1) is 7.22. The standard InChI is InChI=1S/C12H23N3/c1-4-13-8-11(2)6-5-7-12-9-14-15(3)10-12/h9-11,13H,4-8H2,1-3H3. The van der Waals surface area contributed by atoms with Crippen molar-refractivity contribution in [3.8, 4) is 0 Å². The van der Waals surface area contributed by atoms with Crippen LogP contribution in [-0.2, 0) is 13.5 Å². The maximum Gasteiger partial charge on any atom is 0.0521 e. The van der Waals surface area contributed by atoms with Gasteiger partial charge in [0.25, 0.3) is 0 Å². The lowest BCUT2D eigenvalue weighted by atomic mass is 10.0. The molecule has 0 saturated heterocycles. The van der Waals surface area contributed by atoms with Gasteiger partial charge in [-0.3, -0.25) is 4.68 Å². The molecule has 0 aliphatic rings. The van der Waals surface area contributed by atoms with E-state index in [1.807, 2.05) is 17.9 Å². The van der Waals surface area contributed by atoms with Gasteiger partial charge in [0.2, 0.25) is 0 Å². The molecule has 0 saturated carbocycles. The van der Waals surface area contributed by atoms with E-state index in [0.29, 0.717) is 0 Å². The Morgan fingerprint density at radius 1 is 1.53 bits per heavy atom. The lowest BCUT2D eigenvalue weighted by Crippen LogP contribution is -2.20. The zero-order valence-corrected chi connectivity index (χ0v) is 10.2. The summed E-state index contributed by atoms with van der Waals surface area (Å²) in [5, 5.41) is 7.55. The molecule has 1 atom stereocenters. The molecule has 1 N–H and O–H groups in total. The highest BCUT2D eigenvalue weighted by atomic mass is 15.2. The van der Waals surface area contributed by atoms with Crippen molar-refractivity contribution in [2.24, 2.45) is 13.0 Å². The van der Waals surface area contributed by atoms with Gasteiger partial charge in [0.05, 0.1) is 6.20 Å². The molecule has 1 rings (SSSR count). The van der Waals surface area contributed by atoms with Crippen molar-refractivity contribution in [1.82, 2.24) is 15.1 Å². The first-order valence-corrected chi connectivity index (χ1v) is 5.90. The average molecular weight is 209 g/mol. The Kier molecular flexibility index (Phi) is 5.40. The van der Waals surface area contributed by atoms with Gasteiger partial charge in [-0.25, -0.2) is 0 Å². The average Bonchev–Trinajstić information content (AvgIpc) is 2.61. The van der Waals surface area contributed by atoms with Gasteiger partial charge in [0.15, 0.2) is 0 Å². The molecule has 1 aromatic heterocycles. The van der Waals surface area contributed by atoms with Crippen LogP contribution < -0.4 is 5.32 Å². The van der Waals surface area contributed by atoms with Crippen LogP contribution in [0.4, 0.5) is 0 Å². The SMILES string of the molecule is CCNCC(C)CCCc1cnn(C)c1. The van der Waals surface area contributed by atoms with Crippen molar-refractivity contribution in [1.29, 1.82) is 0 Å². The molecule has 15 heavy (non-hydrogen) atoms. The van der Waals surface area contributed by atoms with E-state index < -0.39 is 0 Å². The maximum atomic E-state index is 4.17. The first kappa shape index (κ1) is 12.2. The quantitative estimate of drug-likeness (QED) is 0.744. The number of hydrogen-bond acceptors (Lipinski definition) is 2. The Morgan fingerprint density at radius 3 is 2.93 bits per heavy atom. The van der Waals surface area contributed by atoms with Gasteiger partial charge in [-0.2, -0.15) is 5.10 Å². The number of aromatic nitrogens is 2. The Balaban J connectivity index is 2.10. The molecular formula is C12H23N3. The van der Waals surface area contributed by atoms with Crippen LogP contribution in [0.1, 0.15) is 32.3 Å². The fourth-order valence-corrected chi connectivity index (χ4v) is 1.75. The van der Waals surface area contributed by atoms with Crippen molar-refractivity contribution in [2.45, 2.75) is 33.1 Å². The molecule has 0 aromatic carbocycles. The van der Waals surface area contributed by atoms with Crippen molar-refractivity contribution < 1.29 is 0 Å². The van der Waals surface area contributed by atoms with Gasteiger partial charge in [-0.15, -0.1) is 0 Å². The minimum Gasteiger partial charge on any atom is -0.317 e. The van der Waals surface area contributed by atoms with Crippen molar-refractivity contribution in [2.75, 3.05) is 13.1 Å². The monoisotopic (exact) mass is 209 g/mol. The summed E-state index contributed by atoms with van der Waals surface area (Å²) in [5.41, 5.74) is 1.35. The van der Waals surface area contributed by atoms with Crippen molar-refractivity contribution in [3.63, 3.8) is 0 Å². The molecule has 1 aromatic rings. The lowest BCUT2D eigenvalue weighted by molar-refractivity contribution is 0.473. The summed E-state index contributed by atoms with van der Waals surface area (Å²) in [7, 11) is 1.97. The molecule has 0 aliphatic heterocycles. The van der Waals surface area contributed by atoms with E-state index in [0.717, 1.165) is 25.4 Å². The fourth-order valence-electron chi connectivity index (χ4n) is 1.75. The summed E-state index contributed by atoms with van der Waals surface area (Å²) in [6.07, 6.45) is 7.79. The molecule has 86 valence electrons. The maximum absolute atomic E-state index is 4.17. The van der Waals surface area contributed by atoms with E-state index in [2.05, 4.69) is 30.5 Å². The Labute approximate surface area is 92.9 Å². The summed E-state index contributed by atoms with van der Waals surface area (Å²) >= 11 is 0. The van der Waals surface area contributed by atoms with Crippen LogP contribution >= 0.6 is 0 Å². The number of rotatable bonds is 7. The van der Waals surface area contributed by atoms with Gasteiger partial charge in [-0.05, 0) is 43.8 Å². The smallest absolute Gasteiger partial charge is 0.0521 e. The van der Waals surface area contributed by atoms with Crippen molar-refractivity contribution in [3.05, 3.63) is 18.0 Å². The van der Waals surface area contributed by atoms with E-state index in [-0.39, 0.29) is 0 Å². The highest BCUT2D eigenvalue weighted by Crippen LogP contribution is 2.09. The molecule has 0 amide bonds. The van der Waals surface area contributed by atoms with Gasteiger partial charge >= 0.3 is 0 Å². The summed E-state index contributed by atoms with van der Waals surface area (Å²) in [4.78, 5) is 0. The Morgan fingerprint density at radius 2 is 2.33 bits per heavy atom. The number of nitrogens with zero attached hydrogens (tertiary/aromatic N) is 2. The van der Waals surface area contributed by atoms with E-state index in [4.69, 9.17) is 0 Å². The van der Waals surface area contributed by atoms with E-state index in [1.165, 1.54) is 18.4 Å². The van der Waals surface area contributed by atoms with E-state index in [9.17, 15) is 0 Å². The molecule has 3 heteroatoms. The molecule has 1 heterocycles. The number of nitrogens with one attached hydrogen (secondary N) is 1. The number of aryl methyl sites for hydroxylation is 2. The molecule has 0 fully saturated rings. The molecule has 3 nitrogen and oxygen atoms in total. The highest BCUT2D eigenvalue weighted by Gasteiger charge is 2.02. The first-order valence-electron chi connectivity index (χ1n) is 5.90. The largest absolute Gasteiger partial charge is 0.317 e. The third-order valence-corrected chi connectivity index (χ3v) is 2.66. The zero-order chi connectivity index (χ0) is 11.1. The second kappa shape index (κ2) is 6.62. The van der Waals surface area contributed by atoms with Crippen LogP contribution in [0.15, 0.2) is 12.4 Å². The van der Waals surface area contributed by atoms with Gasteiger partial charge in [0, 0.05) is 13.2 Å². The predicted molar refractivity (Wildman–Crippen MR) is 63.9 cm³/mol. The minimum absolute atomic E-state index is 0.779. The second-order valence-electron chi connectivity index (χ2n) is 4.33.